The second kappa shape index (κ2) is 9.09. The Balaban J connectivity index is 2.47. The van der Waals surface area contributed by atoms with Crippen molar-refractivity contribution in [2.24, 2.45) is 5.73 Å². The van der Waals surface area contributed by atoms with Crippen LogP contribution in [0.2, 0.25) is 0 Å². The number of thiophene rings is 1. The summed E-state index contributed by atoms with van der Waals surface area (Å²) in [6.45, 7) is 1.00. The largest absolute Gasteiger partial charge is 0.383 e. The van der Waals surface area contributed by atoms with E-state index < -0.39 is 0 Å². The molecule has 0 unspecified atom stereocenters. The number of carbonyl (C=O) groups excluding carboxylic acids is 2. The average Bonchev–Trinajstić information content (AvgIpc) is 2.91. The van der Waals surface area contributed by atoms with Crippen LogP contribution in [0.25, 0.3) is 0 Å². The van der Waals surface area contributed by atoms with E-state index in [2.05, 4.69) is 22.5 Å². The number of ether oxygens (including phenoxy) is 1. The van der Waals surface area contributed by atoms with Crippen molar-refractivity contribution in [3.8, 4) is 11.8 Å². The van der Waals surface area contributed by atoms with E-state index in [4.69, 9.17) is 10.5 Å². The molecule has 1 aromatic heterocycles. The van der Waals surface area contributed by atoms with Crippen molar-refractivity contribution in [3.63, 3.8) is 0 Å². The van der Waals surface area contributed by atoms with Gasteiger partial charge in [-0.05, 0) is 11.4 Å². The van der Waals surface area contributed by atoms with Crippen molar-refractivity contribution in [2.75, 3.05) is 33.4 Å². The van der Waals surface area contributed by atoms with Gasteiger partial charge in [0.05, 0.1) is 19.7 Å². The Morgan fingerprint density at radius 2 is 2.25 bits per heavy atom. The molecule has 0 atom stereocenters. The molecule has 0 aromatic carbocycles. The van der Waals surface area contributed by atoms with Crippen LogP contribution < -0.4 is 16.4 Å². The molecule has 0 spiro atoms. The first-order chi connectivity index (χ1) is 9.69. The van der Waals surface area contributed by atoms with Crippen molar-refractivity contribution in [1.29, 1.82) is 0 Å². The molecule has 1 heterocycles. The van der Waals surface area contributed by atoms with Gasteiger partial charge in [0.15, 0.2) is 0 Å². The van der Waals surface area contributed by atoms with Gasteiger partial charge in [-0.15, -0.1) is 11.3 Å². The zero-order valence-electron chi connectivity index (χ0n) is 11.2. The zero-order valence-corrected chi connectivity index (χ0v) is 12.0. The molecule has 0 radical (unpaired) electrons. The van der Waals surface area contributed by atoms with Crippen LogP contribution in [-0.4, -0.2) is 45.2 Å². The van der Waals surface area contributed by atoms with Gasteiger partial charge >= 0.3 is 0 Å². The lowest BCUT2D eigenvalue weighted by Gasteiger charge is -2.05. The van der Waals surface area contributed by atoms with Gasteiger partial charge in [-0.2, -0.15) is 0 Å². The van der Waals surface area contributed by atoms with E-state index in [0.29, 0.717) is 23.6 Å². The Labute approximate surface area is 121 Å². The maximum Gasteiger partial charge on any atom is 0.263 e. The quantitative estimate of drug-likeness (QED) is 0.489. The number of rotatable bonds is 6. The zero-order chi connectivity index (χ0) is 14.8. The molecule has 7 heteroatoms. The fraction of sp³-hybridized carbons (Fsp3) is 0.385. The number of carbonyl (C=O) groups is 2. The molecule has 0 saturated carbocycles. The summed E-state index contributed by atoms with van der Waals surface area (Å²) in [6.07, 6.45) is 0. The molecule has 0 aliphatic heterocycles. The van der Waals surface area contributed by atoms with E-state index >= 15 is 0 Å². The average molecular weight is 295 g/mol. The van der Waals surface area contributed by atoms with Gasteiger partial charge in [-0.1, -0.05) is 11.8 Å². The minimum Gasteiger partial charge on any atom is -0.383 e. The topological polar surface area (TPSA) is 93.5 Å². The predicted octanol–water partition coefficient (Wildman–Crippen LogP) is -0.449. The van der Waals surface area contributed by atoms with E-state index in [9.17, 15) is 9.59 Å². The smallest absolute Gasteiger partial charge is 0.263 e. The molecule has 108 valence electrons. The minimum atomic E-state index is -0.316. The maximum atomic E-state index is 11.9. The molecule has 6 nitrogen and oxygen atoms in total. The van der Waals surface area contributed by atoms with Crippen LogP contribution in [0, 0.1) is 11.8 Å². The molecule has 0 bridgehead atoms. The lowest BCUT2D eigenvalue weighted by Crippen LogP contribution is -2.38. The molecule has 0 aliphatic rings. The lowest BCUT2D eigenvalue weighted by molar-refractivity contribution is -0.120. The van der Waals surface area contributed by atoms with Gasteiger partial charge < -0.3 is 21.1 Å². The number of nitrogens with two attached hydrogens (primary N) is 1. The van der Waals surface area contributed by atoms with E-state index in [0.717, 1.165) is 0 Å². The minimum absolute atomic E-state index is 0.0792. The third-order valence-electron chi connectivity index (χ3n) is 2.23. The van der Waals surface area contributed by atoms with Gasteiger partial charge in [0.2, 0.25) is 5.91 Å². The summed E-state index contributed by atoms with van der Waals surface area (Å²) < 4.78 is 4.80. The highest BCUT2D eigenvalue weighted by Gasteiger charge is 2.12. The molecule has 1 rings (SSSR count). The first-order valence-electron chi connectivity index (χ1n) is 5.99. The van der Waals surface area contributed by atoms with E-state index in [-0.39, 0.29) is 24.9 Å². The Morgan fingerprint density at radius 3 is 2.95 bits per heavy atom. The van der Waals surface area contributed by atoms with Crippen LogP contribution in [0.5, 0.6) is 0 Å². The lowest BCUT2D eigenvalue weighted by atomic mass is 10.2. The van der Waals surface area contributed by atoms with Gasteiger partial charge in [0.25, 0.3) is 5.91 Å². The van der Waals surface area contributed by atoms with Crippen LogP contribution in [-0.2, 0) is 9.53 Å². The number of amides is 2. The Kier molecular flexibility index (Phi) is 7.35. The summed E-state index contributed by atoms with van der Waals surface area (Å²) >= 11 is 1.27. The fourth-order valence-electron chi connectivity index (χ4n) is 1.33. The third-order valence-corrected chi connectivity index (χ3v) is 3.15. The molecule has 4 N–H and O–H groups in total. The number of nitrogens with one attached hydrogen (secondary N) is 2. The van der Waals surface area contributed by atoms with Crippen LogP contribution in [0.4, 0.5) is 0 Å². The monoisotopic (exact) mass is 295 g/mol. The van der Waals surface area contributed by atoms with Gasteiger partial charge in [-0.25, -0.2) is 0 Å². The molecular formula is C13H17N3O3S. The second-order valence-corrected chi connectivity index (χ2v) is 4.61. The molecule has 1 aromatic rings. The molecule has 0 aliphatic carbocycles. The fourth-order valence-corrected chi connectivity index (χ4v) is 2.09. The SMILES string of the molecule is COCCNC(=O)CNC(=O)c1sccc1C#CCN. The van der Waals surface area contributed by atoms with Crippen molar-refractivity contribution in [2.45, 2.75) is 0 Å². The van der Waals surface area contributed by atoms with Crippen molar-refractivity contribution in [1.82, 2.24) is 10.6 Å². The van der Waals surface area contributed by atoms with Crippen molar-refractivity contribution >= 4 is 23.2 Å². The van der Waals surface area contributed by atoms with Gasteiger partial charge in [-0.3, -0.25) is 9.59 Å². The number of hydrogen-bond acceptors (Lipinski definition) is 5. The summed E-state index contributed by atoms with van der Waals surface area (Å²) in [5.41, 5.74) is 5.92. The Morgan fingerprint density at radius 1 is 1.45 bits per heavy atom. The second-order valence-electron chi connectivity index (χ2n) is 3.69. The maximum absolute atomic E-state index is 11.9. The van der Waals surface area contributed by atoms with E-state index in [1.54, 1.807) is 18.6 Å². The van der Waals surface area contributed by atoms with Crippen LogP contribution in [0.15, 0.2) is 11.4 Å². The molecule has 2 amide bonds. The highest BCUT2D eigenvalue weighted by molar-refractivity contribution is 7.12. The predicted molar refractivity (Wildman–Crippen MR) is 77.5 cm³/mol. The normalized spacial score (nSPS) is 9.50. The third kappa shape index (κ3) is 5.40. The highest BCUT2D eigenvalue weighted by Crippen LogP contribution is 2.15. The van der Waals surface area contributed by atoms with Crippen LogP contribution in [0.3, 0.4) is 0 Å². The van der Waals surface area contributed by atoms with Gasteiger partial charge in [0.1, 0.15) is 4.88 Å². The highest BCUT2D eigenvalue weighted by atomic mass is 32.1. The van der Waals surface area contributed by atoms with Gasteiger partial charge in [0, 0.05) is 19.2 Å². The van der Waals surface area contributed by atoms with E-state index in [1.165, 1.54) is 11.3 Å². The standard InChI is InChI=1S/C13H17N3O3S/c1-19-7-6-15-11(17)9-16-13(18)12-10(3-2-5-14)4-8-20-12/h4,8H,5-7,9,14H2,1H3,(H,15,17)(H,16,18). The van der Waals surface area contributed by atoms with Crippen molar-refractivity contribution < 1.29 is 14.3 Å². The number of methoxy groups -OCH3 is 1. The summed E-state index contributed by atoms with van der Waals surface area (Å²) in [5, 5.41) is 6.93. The molecule has 0 fully saturated rings. The first kappa shape index (κ1) is 16.2. The molecule has 20 heavy (non-hydrogen) atoms. The Hall–Kier alpha value is -1.88. The summed E-state index contributed by atoms with van der Waals surface area (Å²) in [6, 6.07) is 1.75. The first-order valence-corrected chi connectivity index (χ1v) is 6.87. The molecule has 0 saturated heterocycles. The summed E-state index contributed by atoms with van der Waals surface area (Å²) in [5.74, 6) is 4.94. The molecular weight excluding hydrogens is 278 g/mol. The summed E-state index contributed by atoms with van der Waals surface area (Å²) in [4.78, 5) is 23.8. The van der Waals surface area contributed by atoms with Crippen LogP contribution in [0.1, 0.15) is 15.2 Å². The van der Waals surface area contributed by atoms with Crippen LogP contribution >= 0.6 is 11.3 Å². The number of hydrogen-bond donors (Lipinski definition) is 3. The Bertz CT molecular complexity index is 516. The van der Waals surface area contributed by atoms with E-state index in [1.807, 2.05) is 0 Å². The van der Waals surface area contributed by atoms with Crippen molar-refractivity contribution in [3.05, 3.63) is 21.9 Å². The summed E-state index contributed by atoms with van der Waals surface area (Å²) in [7, 11) is 1.55.